The van der Waals surface area contributed by atoms with Crippen molar-refractivity contribution in [2.75, 3.05) is 33.9 Å². The van der Waals surface area contributed by atoms with Gasteiger partial charge < -0.3 is 19.9 Å². The Morgan fingerprint density at radius 3 is 2.52 bits per heavy atom. The number of nitrogens with one attached hydrogen (secondary N) is 1. The van der Waals surface area contributed by atoms with Gasteiger partial charge in [-0.05, 0) is 58.0 Å². The number of rotatable bonds is 7. The first-order chi connectivity index (χ1) is 11.9. The molecule has 1 saturated heterocycles. The van der Waals surface area contributed by atoms with E-state index in [9.17, 15) is 9.90 Å². The smallest absolute Gasteiger partial charge is 0.223 e. The van der Waals surface area contributed by atoms with Crippen molar-refractivity contribution in [3.63, 3.8) is 0 Å². The Morgan fingerprint density at radius 2 is 1.96 bits per heavy atom. The van der Waals surface area contributed by atoms with Gasteiger partial charge in [0.1, 0.15) is 11.5 Å². The molecule has 0 radical (unpaired) electrons. The maximum absolute atomic E-state index is 12.3. The third kappa shape index (κ3) is 5.34. The van der Waals surface area contributed by atoms with Crippen LogP contribution in [-0.4, -0.2) is 55.4 Å². The van der Waals surface area contributed by atoms with E-state index in [1.807, 2.05) is 32.0 Å². The van der Waals surface area contributed by atoms with Crippen LogP contribution in [0.3, 0.4) is 0 Å². The number of aliphatic hydroxyl groups is 1. The summed E-state index contributed by atoms with van der Waals surface area (Å²) in [6.45, 7) is 6.09. The highest BCUT2D eigenvalue weighted by molar-refractivity contribution is 5.79. The van der Waals surface area contributed by atoms with Crippen molar-refractivity contribution in [1.29, 1.82) is 0 Å². The van der Waals surface area contributed by atoms with E-state index in [4.69, 9.17) is 9.47 Å². The predicted molar refractivity (Wildman–Crippen MR) is 96.9 cm³/mol. The molecule has 1 aromatic carbocycles. The average Bonchev–Trinajstić information content (AvgIpc) is 2.61. The van der Waals surface area contributed by atoms with Gasteiger partial charge in [-0.1, -0.05) is 0 Å². The van der Waals surface area contributed by atoms with Crippen LogP contribution in [0.4, 0.5) is 0 Å². The number of hydrogen-bond acceptors (Lipinski definition) is 5. The second-order valence-electron chi connectivity index (χ2n) is 7.26. The topological polar surface area (TPSA) is 71.0 Å². The highest BCUT2D eigenvalue weighted by Gasteiger charge is 2.29. The number of amides is 1. The molecule has 0 bridgehead atoms. The molecular weight excluding hydrogens is 320 g/mol. The third-order valence-corrected chi connectivity index (χ3v) is 4.70. The Hall–Kier alpha value is -1.79. The summed E-state index contributed by atoms with van der Waals surface area (Å²) in [5.41, 5.74) is 0.522. The van der Waals surface area contributed by atoms with Crippen LogP contribution in [-0.2, 0) is 11.3 Å². The first-order valence-electron chi connectivity index (χ1n) is 8.74. The molecular formula is C19H30N2O4. The van der Waals surface area contributed by atoms with Crippen LogP contribution in [0.5, 0.6) is 11.5 Å². The number of nitrogens with zero attached hydrogens (tertiary/aromatic N) is 1. The van der Waals surface area contributed by atoms with Gasteiger partial charge in [-0.15, -0.1) is 0 Å². The van der Waals surface area contributed by atoms with Gasteiger partial charge in [-0.3, -0.25) is 9.69 Å². The average molecular weight is 350 g/mol. The van der Waals surface area contributed by atoms with Crippen LogP contribution >= 0.6 is 0 Å². The largest absolute Gasteiger partial charge is 0.497 e. The van der Waals surface area contributed by atoms with E-state index < -0.39 is 5.54 Å². The number of hydrogen-bond donors (Lipinski definition) is 2. The van der Waals surface area contributed by atoms with Gasteiger partial charge in [0.25, 0.3) is 0 Å². The molecule has 1 aliphatic rings. The van der Waals surface area contributed by atoms with Gasteiger partial charge in [0.15, 0.2) is 0 Å². The minimum Gasteiger partial charge on any atom is -0.497 e. The van der Waals surface area contributed by atoms with Crippen molar-refractivity contribution < 1.29 is 19.4 Å². The van der Waals surface area contributed by atoms with E-state index in [1.165, 1.54) is 0 Å². The number of piperidine rings is 1. The summed E-state index contributed by atoms with van der Waals surface area (Å²) in [6, 6.07) is 5.81. The first kappa shape index (κ1) is 19.5. The lowest BCUT2D eigenvalue weighted by atomic mass is 9.94. The van der Waals surface area contributed by atoms with Crippen LogP contribution < -0.4 is 14.8 Å². The number of ether oxygens (including phenoxy) is 2. The predicted octanol–water partition coefficient (Wildman–Crippen LogP) is 1.80. The molecule has 1 fully saturated rings. The lowest BCUT2D eigenvalue weighted by Crippen LogP contribution is -2.50. The monoisotopic (exact) mass is 350 g/mol. The lowest BCUT2D eigenvalue weighted by molar-refractivity contribution is -0.128. The molecule has 6 nitrogen and oxygen atoms in total. The maximum atomic E-state index is 12.3. The fourth-order valence-corrected chi connectivity index (χ4v) is 3.07. The van der Waals surface area contributed by atoms with Crippen molar-refractivity contribution in [1.82, 2.24) is 10.2 Å². The molecule has 0 aliphatic carbocycles. The Kier molecular flexibility index (Phi) is 6.67. The molecule has 140 valence electrons. The fourth-order valence-electron chi connectivity index (χ4n) is 3.07. The number of aliphatic hydroxyl groups excluding tert-OH is 1. The van der Waals surface area contributed by atoms with Gasteiger partial charge in [-0.25, -0.2) is 0 Å². The molecule has 0 atom stereocenters. The first-order valence-corrected chi connectivity index (χ1v) is 8.74. The number of methoxy groups -OCH3 is 2. The van der Waals surface area contributed by atoms with Gasteiger partial charge in [0.05, 0.1) is 26.4 Å². The molecule has 1 aliphatic heterocycles. The highest BCUT2D eigenvalue weighted by Crippen LogP contribution is 2.27. The van der Waals surface area contributed by atoms with E-state index in [2.05, 4.69) is 10.2 Å². The highest BCUT2D eigenvalue weighted by atomic mass is 16.5. The molecule has 6 heteroatoms. The molecule has 1 heterocycles. The zero-order valence-corrected chi connectivity index (χ0v) is 15.7. The standard InChI is InChI=1S/C19H30N2O4/c1-19(2,13-22)20-18(23)14-7-9-21(10-8-14)12-15-11-16(24-3)5-6-17(15)25-4/h5-6,11,14,22H,7-10,12-13H2,1-4H3,(H,20,23). The summed E-state index contributed by atoms with van der Waals surface area (Å²) in [5.74, 6) is 1.72. The molecule has 0 spiro atoms. The Balaban J connectivity index is 1.91. The van der Waals surface area contributed by atoms with Crippen molar-refractivity contribution in [2.45, 2.75) is 38.8 Å². The lowest BCUT2D eigenvalue weighted by Gasteiger charge is -2.33. The zero-order chi connectivity index (χ0) is 18.4. The van der Waals surface area contributed by atoms with Crippen LogP contribution in [0, 0.1) is 5.92 Å². The van der Waals surface area contributed by atoms with Crippen molar-refractivity contribution >= 4 is 5.91 Å². The van der Waals surface area contributed by atoms with Crippen LogP contribution in [0.15, 0.2) is 18.2 Å². The molecule has 2 N–H and O–H groups in total. The second-order valence-corrected chi connectivity index (χ2v) is 7.26. The molecule has 0 aromatic heterocycles. The van der Waals surface area contributed by atoms with Crippen molar-refractivity contribution in [3.05, 3.63) is 23.8 Å². The summed E-state index contributed by atoms with van der Waals surface area (Å²) < 4.78 is 10.7. The quantitative estimate of drug-likeness (QED) is 0.785. The van der Waals surface area contributed by atoms with Gasteiger partial charge in [-0.2, -0.15) is 0 Å². The summed E-state index contributed by atoms with van der Waals surface area (Å²) in [5, 5.41) is 12.2. The molecule has 0 saturated carbocycles. The molecule has 0 unspecified atom stereocenters. The van der Waals surface area contributed by atoms with Gasteiger partial charge >= 0.3 is 0 Å². The van der Waals surface area contributed by atoms with Crippen molar-refractivity contribution in [3.8, 4) is 11.5 Å². The molecule has 25 heavy (non-hydrogen) atoms. The SMILES string of the molecule is COc1ccc(OC)c(CN2CCC(C(=O)NC(C)(C)CO)CC2)c1. The van der Waals surface area contributed by atoms with Gasteiger partial charge in [0.2, 0.25) is 5.91 Å². The summed E-state index contributed by atoms with van der Waals surface area (Å²) >= 11 is 0. The Bertz CT molecular complexity index is 581. The van der Waals surface area contributed by atoms with Crippen LogP contribution in [0.25, 0.3) is 0 Å². The second kappa shape index (κ2) is 8.54. The zero-order valence-electron chi connectivity index (χ0n) is 15.7. The summed E-state index contributed by atoms with van der Waals surface area (Å²) in [4.78, 5) is 14.7. The Labute approximate surface area is 150 Å². The fraction of sp³-hybridized carbons (Fsp3) is 0.632. The van der Waals surface area contributed by atoms with E-state index in [0.29, 0.717) is 0 Å². The minimum absolute atomic E-state index is 0.00859. The van der Waals surface area contributed by atoms with Crippen molar-refractivity contribution in [2.24, 2.45) is 5.92 Å². The maximum Gasteiger partial charge on any atom is 0.223 e. The van der Waals surface area contributed by atoms with E-state index in [1.54, 1.807) is 14.2 Å². The number of likely N-dealkylation sites (tertiary alicyclic amines) is 1. The summed E-state index contributed by atoms with van der Waals surface area (Å²) in [6.07, 6.45) is 1.64. The third-order valence-electron chi connectivity index (χ3n) is 4.70. The summed E-state index contributed by atoms with van der Waals surface area (Å²) in [7, 11) is 3.33. The van der Waals surface area contributed by atoms with E-state index >= 15 is 0 Å². The number of carbonyl (C=O) groups is 1. The normalized spacial score (nSPS) is 16.5. The number of benzene rings is 1. The Morgan fingerprint density at radius 1 is 1.28 bits per heavy atom. The van der Waals surface area contributed by atoms with E-state index in [-0.39, 0.29) is 18.4 Å². The molecule has 1 amide bonds. The van der Waals surface area contributed by atoms with Crippen LogP contribution in [0.2, 0.25) is 0 Å². The van der Waals surface area contributed by atoms with E-state index in [0.717, 1.165) is 49.5 Å². The number of carbonyl (C=O) groups excluding carboxylic acids is 1. The minimum atomic E-state index is -0.567. The molecule has 2 rings (SSSR count). The van der Waals surface area contributed by atoms with Crippen LogP contribution in [0.1, 0.15) is 32.3 Å². The molecule has 1 aromatic rings. The van der Waals surface area contributed by atoms with Gasteiger partial charge in [0, 0.05) is 18.0 Å².